The van der Waals surface area contributed by atoms with E-state index in [0.29, 0.717) is 16.0 Å². The lowest BCUT2D eigenvalue weighted by atomic mass is 9.70. The first-order valence-corrected chi connectivity index (χ1v) is 10.1. The maximum absolute atomic E-state index is 12.2. The lowest BCUT2D eigenvalue weighted by Gasteiger charge is -2.34. The van der Waals surface area contributed by atoms with Crippen LogP contribution in [0.2, 0.25) is 0 Å². The predicted octanol–water partition coefficient (Wildman–Crippen LogP) is 4.36. The van der Waals surface area contributed by atoms with Gasteiger partial charge in [0.1, 0.15) is 0 Å². The van der Waals surface area contributed by atoms with Crippen LogP contribution in [0.3, 0.4) is 0 Å². The minimum atomic E-state index is -0.449. The second kappa shape index (κ2) is 6.55. The van der Waals surface area contributed by atoms with E-state index in [4.69, 9.17) is 0 Å². The largest absolute Gasteiger partial charge is 0.299 e. The second-order valence-corrected chi connectivity index (χ2v) is 9.39. The fourth-order valence-electron chi connectivity index (χ4n) is 4.50. The highest BCUT2D eigenvalue weighted by Gasteiger charge is 2.60. The molecule has 1 aliphatic heterocycles. The van der Waals surface area contributed by atoms with Crippen LogP contribution in [0.25, 0.3) is 6.08 Å². The highest BCUT2D eigenvalue weighted by molar-refractivity contribution is 8.18. The van der Waals surface area contributed by atoms with E-state index in [2.05, 4.69) is 36.3 Å². The van der Waals surface area contributed by atoms with Crippen LogP contribution in [0.1, 0.15) is 45.6 Å². The van der Waals surface area contributed by atoms with Crippen molar-refractivity contribution in [1.29, 1.82) is 0 Å². The molecule has 7 nitrogen and oxygen atoms in total. The summed E-state index contributed by atoms with van der Waals surface area (Å²) in [6.45, 7) is 6.91. The van der Waals surface area contributed by atoms with Crippen LogP contribution < -0.4 is 5.32 Å². The number of amides is 1. The second-order valence-electron chi connectivity index (χ2n) is 8.36. The van der Waals surface area contributed by atoms with E-state index >= 15 is 0 Å². The number of nitro benzene ring substituents is 1. The zero-order valence-corrected chi connectivity index (χ0v) is 16.9. The molecule has 3 aliphatic rings. The van der Waals surface area contributed by atoms with Crippen molar-refractivity contribution in [3.8, 4) is 0 Å². The summed E-state index contributed by atoms with van der Waals surface area (Å²) < 4.78 is 0. The number of rotatable bonds is 3. The monoisotopic (exact) mass is 398 g/mol. The Labute approximate surface area is 167 Å². The molecule has 1 N–H and O–H groups in total. The fourth-order valence-corrected chi connectivity index (χ4v) is 5.28. The number of non-ortho nitro benzene ring substituents is 1. The highest BCUT2D eigenvalue weighted by atomic mass is 32.2. The van der Waals surface area contributed by atoms with Gasteiger partial charge in [-0.3, -0.25) is 20.2 Å². The third-order valence-corrected chi connectivity index (χ3v) is 7.73. The van der Waals surface area contributed by atoms with E-state index in [0.717, 1.165) is 24.1 Å². The molecule has 2 saturated carbocycles. The number of thioether (sulfide) groups is 1. The van der Waals surface area contributed by atoms with Crippen molar-refractivity contribution < 1.29 is 9.72 Å². The maximum Gasteiger partial charge on any atom is 0.269 e. The first kappa shape index (κ1) is 18.9. The molecule has 28 heavy (non-hydrogen) atoms. The summed E-state index contributed by atoms with van der Waals surface area (Å²) in [5.41, 5.74) is 2.18. The number of amidine groups is 1. The number of nitrogens with one attached hydrogen (secondary N) is 1. The van der Waals surface area contributed by atoms with Gasteiger partial charge in [0.25, 0.3) is 11.6 Å². The Morgan fingerprint density at radius 2 is 1.96 bits per heavy atom. The van der Waals surface area contributed by atoms with Gasteiger partial charge in [0.15, 0.2) is 5.17 Å². The molecule has 2 bridgehead atoms. The first-order valence-electron chi connectivity index (χ1n) is 9.31. The molecular formula is C20H22N4O3S. The van der Waals surface area contributed by atoms with E-state index in [1.54, 1.807) is 18.2 Å². The number of hydrogen-bond acceptors (Lipinski definition) is 6. The molecule has 2 aliphatic carbocycles. The van der Waals surface area contributed by atoms with Gasteiger partial charge in [-0.15, -0.1) is 5.10 Å². The highest BCUT2D eigenvalue weighted by Crippen LogP contribution is 2.64. The van der Waals surface area contributed by atoms with E-state index in [9.17, 15) is 14.9 Å². The van der Waals surface area contributed by atoms with Crippen LogP contribution in [0.4, 0.5) is 5.69 Å². The van der Waals surface area contributed by atoms with Crippen molar-refractivity contribution in [2.75, 3.05) is 0 Å². The third kappa shape index (κ3) is 2.96. The Morgan fingerprint density at radius 3 is 2.54 bits per heavy atom. The number of nitrogens with zero attached hydrogens (tertiary/aromatic N) is 3. The van der Waals surface area contributed by atoms with Crippen molar-refractivity contribution in [2.45, 2.75) is 40.0 Å². The van der Waals surface area contributed by atoms with Gasteiger partial charge in [-0.05, 0) is 66.1 Å². The molecule has 0 aromatic heterocycles. The molecule has 4 rings (SSSR count). The van der Waals surface area contributed by atoms with Gasteiger partial charge in [0.2, 0.25) is 0 Å². The molecule has 1 amide bonds. The molecule has 1 saturated heterocycles. The van der Waals surface area contributed by atoms with Crippen LogP contribution in [0.5, 0.6) is 0 Å². The Hall–Kier alpha value is -2.48. The zero-order chi connectivity index (χ0) is 20.1. The van der Waals surface area contributed by atoms with Crippen LogP contribution in [-0.2, 0) is 4.79 Å². The lowest BCUT2D eigenvalue weighted by Crippen LogP contribution is -2.32. The topological polar surface area (TPSA) is 97.0 Å². The van der Waals surface area contributed by atoms with Gasteiger partial charge in [0.05, 0.1) is 9.83 Å². The number of carbonyl (C=O) groups is 1. The van der Waals surface area contributed by atoms with Crippen LogP contribution in [0.15, 0.2) is 39.4 Å². The number of benzene rings is 1. The van der Waals surface area contributed by atoms with Crippen LogP contribution in [-0.4, -0.2) is 21.7 Å². The average Bonchev–Trinajstić information content (AvgIpc) is 3.17. The van der Waals surface area contributed by atoms with Gasteiger partial charge in [-0.1, -0.05) is 20.8 Å². The molecule has 0 radical (unpaired) electrons. The summed E-state index contributed by atoms with van der Waals surface area (Å²) in [6.07, 6.45) is 5.05. The van der Waals surface area contributed by atoms with Crippen molar-refractivity contribution >= 4 is 40.3 Å². The summed E-state index contributed by atoms with van der Waals surface area (Å²) in [5, 5.41) is 22.8. The molecule has 1 heterocycles. The summed E-state index contributed by atoms with van der Waals surface area (Å²) >= 11 is 1.24. The summed E-state index contributed by atoms with van der Waals surface area (Å²) in [5.74, 6) is 0.418. The fraction of sp³-hybridized carbons (Fsp3) is 0.450. The zero-order valence-electron chi connectivity index (χ0n) is 16.1. The minimum absolute atomic E-state index is 0.0195. The van der Waals surface area contributed by atoms with E-state index in [-0.39, 0.29) is 22.4 Å². The minimum Gasteiger partial charge on any atom is -0.299 e. The Bertz CT molecular complexity index is 949. The van der Waals surface area contributed by atoms with Crippen molar-refractivity contribution in [3.63, 3.8) is 0 Å². The number of fused-ring (bicyclic) bond motifs is 2. The molecule has 1 aromatic rings. The van der Waals surface area contributed by atoms with E-state index in [1.807, 2.05) is 0 Å². The Balaban J connectivity index is 1.51. The molecule has 8 heteroatoms. The normalized spacial score (nSPS) is 32.5. The first-order chi connectivity index (χ1) is 13.2. The molecule has 1 aromatic carbocycles. The van der Waals surface area contributed by atoms with Crippen molar-refractivity contribution in [3.05, 3.63) is 44.8 Å². The molecule has 146 valence electrons. The smallest absolute Gasteiger partial charge is 0.269 e. The standard InChI is InChI=1S/C20H22N4O3S/c1-19(2)13-8-9-20(19,3)16(11-13)22-23-18-21-17(25)15(28-18)10-12-4-6-14(7-5-12)24(26)27/h4-7,10,13H,8-9,11H2,1-3H3,(H,21,23,25)/b15-10+,22-16+. The van der Waals surface area contributed by atoms with Crippen molar-refractivity contribution in [2.24, 2.45) is 27.0 Å². The molecule has 2 unspecified atom stereocenters. The van der Waals surface area contributed by atoms with E-state index < -0.39 is 4.92 Å². The lowest BCUT2D eigenvalue weighted by molar-refractivity contribution is -0.384. The number of nitro groups is 1. The van der Waals surface area contributed by atoms with Gasteiger partial charge in [-0.25, -0.2) is 0 Å². The van der Waals surface area contributed by atoms with Crippen LogP contribution >= 0.6 is 11.8 Å². The van der Waals surface area contributed by atoms with Crippen LogP contribution in [0, 0.1) is 26.9 Å². The van der Waals surface area contributed by atoms with Gasteiger partial charge < -0.3 is 0 Å². The summed E-state index contributed by atoms with van der Waals surface area (Å²) in [6, 6.07) is 6.07. The number of carbonyl (C=O) groups excluding carboxylic acids is 1. The summed E-state index contributed by atoms with van der Waals surface area (Å²) in [4.78, 5) is 23.0. The van der Waals surface area contributed by atoms with Gasteiger partial charge in [0, 0.05) is 23.3 Å². The molecule has 0 spiro atoms. The number of hydrogen-bond donors (Lipinski definition) is 1. The quantitative estimate of drug-likeness (QED) is 0.465. The average molecular weight is 398 g/mol. The SMILES string of the molecule is CC12CCC(C/C1=N\N=C1/NC(=O)/C(=C\c3ccc([N+](=O)[O-])cc3)S1)C2(C)C. The van der Waals surface area contributed by atoms with Gasteiger partial charge in [-0.2, -0.15) is 5.10 Å². The Morgan fingerprint density at radius 1 is 1.25 bits per heavy atom. The molecular weight excluding hydrogens is 376 g/mol. The maximum atomic E-state index is 12.2. The van der Waals surface area contributed by atoms with Gasteiger partial charge >= 0.3 is 0 Å². The Kier molecular flexibility index (Phi) is 4.41. The third-order valence-electron chi connectivity index (χ3n) is 6.83. The predicted molar refractivity (Wildman–Crippen MR) is 111 cm³/mol. The van der Waals surface area contributed by atoms with Crippen molar-refractivity contribution in [1.82, 2.24) is 5.32 Å². The van der Waals surface area contributed by atoms with E-state index in [1.165, 1.54) is 30.3 Å². The molecule has 2 atom stereocenters. The molecule has 3 fully saturated rings. The summed E-state index contributed by atoms with van der Waals surface area (Å²) in [7, 11) is 0.